The van der Waals surface area contributed by atoms with E-state index in [9.17, 15) is 4.79 Å². The second kappa shape index (κ2) is 9.57. The molecule has 7 nitrogen and oxygen atoms in total. The molecule has 2 aromatic carbocycles. The minimum atomic E-state index is -0.00467. The van der Waals surface area contributed by atoms with Crippen LogP contribution < -0.4 is 15.4 Å². The molecule has 5 aromatic rings. The van der Waals surface area contributed by atoms with Gasteiger partial charge in [-0.15, -0.1) is 0 Å². The molecule has 1 amide bonds. The van der Waals surface area contributed by atoms with E-state index in [0.29, 0.717) is 31.1 Å². The fraction of sp³-hybridized carbons (Fsp3) is 0.192. The van der Waals surface area contributed by atoms with Crippen LogP contribution in [0.3, 0.4) is 0 Å². The molecule has 0 radical (unpaired) electrons. The molecule has 3 heterocycles. The van der Waals surface area contributed by atoms with Gasteiger partial charge in [0.25, 0.3) is 0 Å². The highest BCUT2D eigenvalue weighted by molar-refractivity contribution is 6.31. The summed E-state index contributed by atoms with van der Waals surface area (Å²) in [6.45, 7) is 1.66. The maximum absolute atomic E-state index is 12.6. The van der Waals surface area contributed by atoms with Crippen LogP contribution in [0.15, 0.2) is 67.1 Å². The molecule has 3 aromatic heterocycles. The summed E-state index contributed by atoms with van der Waals surface area (Å²) in [7, 11) is 1.65. The Morgan fingerprint density at radius 2 is 1.85 bits per heavy atom. The van der Waals surface area contributed by atoms with E-state index in [4.69, 9.17) is 16.3 Å². The molecule has 0 saturated heterocycles. The molecule has 0 fully saturated rings. The van der Waals surface area contributed by atoms with Crippen molar-refractivity contribution in [1.29, 1.82) is 0 Å². The predicted octanol–water partition coefficient (Wildman–Crippen LogP) is 5.02. The Hall–Kier alpha value is -3.84. The number of rotatable bonds is 8. The number of amides is 1. The average Bonchev–Trinajstić information content (AvgIpc) is 3.18. The molecule has 0 atom stereocenters. The van der Waals surface area contributed by atoms with Crippen LogP contribution >= 0.6 is 11.6 Å². The van der Waals surface area contributed by atoms with Crippen LogP contribution in [0.1, 0.15) is 6.42 Å². The first-order valence-corrected chi connectivity index (χ1v) is 11.5. The summed E-state index contributed by atoms with van der Waals surface area (Å²) in [5, 5.41) is 10.2. The molecule has 0 bridgehead atoms. The van der Waals surface area contributed by atoms with Crippen LogP contribution in [0, 0.1) is 0 Å². The first kappa shape index (κ1) is 22.0. The van der Waals surface area contributed by atoms with Gasteiger partial charge >= 0.3 is 0 Å². The number of hydrogen-bond acceptors (Lipinski definition) is 5. The van der Waals surface area contributed by atoms with Crippen molar-refractivity contribution in [3.8, 4) is 5.75 Å². The molecular formula is C26H24ClN5O2. The number of methoxy groups -OCH3 is 1. The zero-order chi connectivity index (χ0) is 23.5. The maximum atomic E-state index is 12.6. The molecule has 0 aliphatic heterocycles. The molecular weight excluding hydrogens is 450 g/mol. The number of halogens is 1. The highest BCUT2D eigenvalue weighted by atomic mass is 35.5. The summed E-state index contributed by atoms with van der Waals surface area (Å²) in [6, 6.07) is 15.6. The summed E-state index contributed by atoms with van der Waals surface area (Å²) in [6.07, 6.45) is 5.74. The fourth-order valence-electron chi connectivity index (χ4n) is 4.27. The Balaban J connectivity index is 1.22. The SMILES string of the molecule is COc1ccc2c3ccncc3n(CCC(=O)NCCNc3ccnc4cc(Cl)ccc34)c2c1. The predicted molar refractivity (Wildman–Crippen MR) is 137 cm³/mol. The highest BCUT2D eigenvalue weighted by Gasteiger charge is 2.13. The number of fused-ring (bicyclic) bond motifs is 4. The largest absolute Gasteiger partial charge is 0.497 e. The fourth-order valence-corrected chi connectivity index (χ4v) is 4.43. The quantitative estimate of drug-likeness (QED) is 0.309. The van der Waals surface area contributed by atoms with Gasteiger partial charge in [0, 0.05) is 71.4 Å². The first-order valence-electron chi connectivity index (χ1n) is 11.1. The third kappa shape index (κ3) is 4.34. The molecule has 0 aliphatic rings. The number of carbonyl (C=O) groups excluding carboxylic acids is 1. The van der Waals surface area contributed by atoms with Crippen molar-refractivity contribution in [2.24, 2.45) is 0 Å². The lowest BCUT2D eigenvalue weighted by molar-refractivity contribution is -0.121. The molecule has 0 unspecified atom stereocenters. The summed E-state index contributed by atoms with van der Waals surface area (Å²) >= 11 is 6.06. The number of benzene rings is 2. The van der Waals surface area contributed by atoms with Gasteiger partial charge in [0.15, 0.2) is 0 Å². The minimum absolute atomic E-state index is 0.00467. The number of nitrogens with one attached hydrogen (secondary N) is 2. The van der Waals surface area contributed by atoms with Crippen molar-refractivity contribution in [3.63, 3.8) is 0 Å². The third-order valence-corrected chi connectivity index (χ3v) is 6.14. The Morgan fingerprint density at radius 3 is 2.74 bits per heavy atom. The zero-order valence-electron chi connectivity index (χ0n) is 18.7. The highest BCUT2D eigenvalue weighted by Crippen LogP contribution is 2.31. The molecule has 0 saturated carbocycles. The van der Waals surface area contributed by atoms with E-state index in [0.717, 1.165) is 44.1 Å². The van der Waals surface area contributed by atoms with Gasteiger partial charge in [-0.1, -0.05) is 11.6 Å². The van der Waals surface area contributed by atoms with Crippen LogP contribution in [0.2, 0.25) is 5.02 Å². The van der Waals surface area contributed by atoms with Gasteiger partial charge in [0.2, 0.25) is 5.91 Å². The van der Waals surface area contributed by atoms with E-state index < -0.39 is 0 Å². The molecule has 5 rings (SSSR count). The molecule has 0 spiro atoms. The molecule has 2 N–H and O–H groups in total. The van der Waals surface area contributed by atoms with E-state index in [1.165, 1.54) is 0 Å². The number of anilines is 1. The van der Waals surface area contributed by atoms with Crippen LogP contribution in [0.25, 0.3) is 32.7 Å². The lowest BCUT2D eigenvalue weighted by atomic mass is 10.2. The van der Waals surface area contributed by atoms with E-state index >= 15 is 0 Å². The van der Waals surface area contributed by atoms with Gasteiger partial charge in [0.05, 0.1) is 29.9 Å². The minimum Gasteiger partial charge on any atom is -0.497 e. The van der Waals surface area contributed by atoms with Gasteiger partial charge in [-0.05, 0) is 42.5 Å². The Bertz CT molecular complexity index is 1500. The van der Waals surface area contributed by atoms with Gasteiger partial charge in [-0.2, -0.15) is 0 Å². The number of carbonyl (C=O) groups is 1. The van der Waals surface area contributed by atoms with Crippen LogP contribution in [0.5, 0.6) is 5.75 Å². The van der Waals surface area contributed by atoms with Crippen molar-refractivity contribution in [2.75, 3.05) is 25.5 Å². The third-order valence-electron chi connectivity index (χ3n) is 5.91. The Labute approximate surface area is 201 Å². The number of aryl methyl sites for hydroxylation is 1. The monoisotopic (exact) mass is 473 g/mol. The van der Waals surface area contributed by atoms with E-state index in [2.05, 4.69) is 31.2 Å². The standard InChI is InChI=1S/C26H24ClN5O2/c1-34-18-3-5-19-20-6-9-28-16-25(20)32(24(19)15-18)13-8-26(33)31-12-11-30-22-7-10-29-23-14-17(27)2-4-21(22)23/h2-7,9-10,14-16H,8,11-13H2,1H3,(H,29,30)(H,31,33). The topological polar surface area (TPSA) is 81.1 Å². The van der Waals surface area contributed by atoms with Crippen LogP contribution in [0.4, 0.5) is 5.69 Å². The first-order chi connectivity index (χ1) is 16.6. The summed E-state index contributed by atoms with van der Waals surface area (Å²) in [5.74, 6) is 0.779. The van der Waals surface area contributed by atoms with Crippen molar-refractivity contribution >= 4 is 55.9 Å². The summed E-state index contributed by atoms with van der Waals surface area (Å²) in [5.41, 5.74) is 3.83. The number of aromatic nitrogens is 3. The molecule has 8 heteroatoms. The van der Waals surface area contributed by atoms with E-state index in [1.54, 1.807) is 19.5 Å². The summed E-state index contributed by atoms with van der Waals surface area (Å²) < 4.78 is 7.54. The number of pyridine rings is 2. The Kier molecular flexibility index (Phi) is 6.18. The van der Waals surface area contributed by atoms with Crippen LogP contribution in [-0.2, 0) is 11.3 Å². The number of hydrogen-bond donors (Lipinski definition) is 2. The molecule has 172 valence electrons. The van der Waals surface area contributed by atoms with Gasteiger partial charge in [-0.3, -0.25) is 14.8 Å². The lowest BCUT2D eigenvalue weighted by Crippen LogP contribution is -2.29. The zero-order valence-corrected chi connectivity index (χ0v) is 19.5. The van der Waals surface area contributed by atoms with Crippen LogP contribution in [-0.4, -0.2) is 40.6 Å². The van der Waals surface area contributed by atoms with Crippen molar-refractivity contribution in [1.82, 2.24) is 19.9 Å². The average molecular weight is 474 g/mol. The van der Waals surface area contributed by atoms with Crippen molar-refractivity contribution in [3.05, 3.63) is 72.1 Å². The van der Waals surface area contributed by atoms with Gasteiger partial charge in [-0.25, -0.2) is 0 Å². The van der Waals surface area contributed by atoms with E-state index in [-0.39, 0.29) is 5.91 Å². The normalized spacial score (nSPS) is 11.2. The van der Waals surface area contributed by atoms with Crippen molar-refractivity contribution in [2.45, 2.75) is 13.0 Å². The molecule has 34 heavy (non-hydrogen) atoms. The van der Waals surface area contributed by atoms with Crippen molar-refractivity contribution < 1.29 is 9.53 Å². The molecule has 0 aliphatic carbocycles. The Morgan fingerprint density at radius 1 is 1.00 bits per heavy atom. The smallest absolute Gasteiger partial charge is 0.221 e. The lowest BCUT2D eigenvalue weighted by Gasteiger charge is -2.11. The second-order valence-corrected chi connectivity index (χ2v) is 8.41. The van der Waals surface area contributed by atoms with Gasteiger partial charge in [0.1, 0.15) is 5.75 Å². The maximum Gasteiger partial charge on any atom is 0.221 e. The van der Waals surface area contributed by atoms with Gasteiger partial charge < -0.3 is 19.9 Å². The summed E-state index contributed by atoms with van der Waals surface area (Å²) in [4.78, 5) is 21.2. The second-order valence-electron chi connectivity index (χ2n) is 7.97. The number of ether oxygens (including phenoxy) is 1. The number of nitrogens with zero attached hydrogens (tertiary/aromatic N) is 3. The van der Waals surface area contributed by atoms with E-state index in [1.807, 2.05) is 48.7 Å².